The number of carbonyl (C=O) groups excluding carboxylic acids is 1. The Hall–Kier alpha value is -1.84. The normalized spacial score (nSPS) is 13.5. The van der Waals surface area contributed by atoms with E-state index in [1.165, 1.54) is 0 Å². The second-order valence-electron chi connectivity index (χ2n) is 5.18. The molecule has 1 amide bonds. The van der Waals surface area contributed by atoms with E-state index in [2.05, 4.69) is 5.32 Å². The van der Waals surface area contributed by atoms with Crippen LogP contribution in [0.25, 0.3) is 0 Å². The number of hydrogen-bond acceptors (Lipinski definition) is 2. The minimum absolute atomic E-state index is 0.133. The van der Waals surface area contributed by atoms with E-state index in [-0.39, 0.29) is 18.2 Å². The number of carbonyl (C=O) groups is 2. The molecule has 1 aromatic rings. The molecule has 2 atom stereocenters. The first-order chi connectivity index (χ1) is 9.54. The van der Waals surface area contributed by atoms with Gasteiger partial charge in [0, 0.05) is 12.1 Å². The van der Waals surface area contributed by atoms with Crippen molar-refractivity contribution in [3.8, 4) is 0 Å². The lowest BCUT2D eigenvalue weighted by Gasteiger charge is -2.19. The van der Waals surface area contributed by atoms with Crippen molar-refractivity contribution in [3.63, 3.8) is 0 Å². The van der Waals surface area contributed by atoms with Crippen LogP contribution in [0.1, 0.15) is 39.5 Å². The zero-order valence-corrected chi connectivity index (χ0v) is 12.1. The van der Waals surface area contributed by atoms with E-state index in [9.17, 15) is 14.7 Å². The van der Waals surface area contributed by atoms with Gasteiger partial charge in [0.1, 0.15) is 0 Å². The molecule has 0 saturated heterocycles. The number of nitrogens with one attached hydrogen (secondary N) is 1. The predicted octanol–water partition coefficient (Wildman–Crippen LogP) is 3.54. The minimum Gasteiger partial charge on any atom is -0.481 e. The quantitative estimate of drug-likeness (QED) is 0.763. The number of amides is 1. The second-order valence-corrected chi connectivity index (χ2v) is 5.18. The van der Waals surface area contributed by atoms with Gasteiger partial charge >= 0.3 is 5.97 Å². The van der Waals surface area contributed by atoms with E-state index in [4.69, 9.17) is 0 Å². The van der Waals surface area contributed by atoms with Crippen LogP contribution in [-0.4, -0.2) is 17.0 Å². The summed E-state index contributed by atoms with van der Waals surface area (Å²) < 4.78 is 0. The Morgan fingerprint density at radius 3 is 2.45 bits per heavy atom. The summed E-state index contributed by atoms with van der Waals surface area (Å²) in [5.74, 6) is -1.55. The van der Waals surface area contributed by atoms with Gasteiger partial charge in [0.15, 0.2) is 0 Å². The number of benzene rings is 1. The molecule has 0 aromatic heterocycles. The minimum atomic E-state index is -0.807. The maximum absolute atomic E-state index is 11.9. The van der Waals surface area contributed by atoms with Crippen LogP contribution in [0.15, 0.2) is 30.3 Å². The Labute approximate surface area is 120 Å². The molecule has 2 N–H and O–H groups in total. The van der Waals surface area contributed by atoms with Gasteiger partial charge in [0.25, 0.3) is 0 Å². The molecule has 0 saturated carbocycles. The zero-order chi connectivity index (χ0) is 15.0. The number of carboxylic acid groups (broad SMARTS) is 1. The highest BCUT2D eigenvalue weighted by Crippen LogP contribution is 2.22. The fourth-order valence-corrected chi connectivity index (χ4v) is 2.24. The van der Waals surface area contributed by atoms with E-state index in [1.54, 1.807) is 0 Å². The van der Waals surface area contributed by atoms with Gasteiger partial charge in [-0.1, -0.05) is 44.9 Å². The molecule has 4 heteroatoms. The standard InChI is InChI=1S/C16H23NO3/c1-3-4-10-14(16(19)20)12(2)11-15(18)17-13-8-6-5-7-9-13/h5-9,12,14H,3-4,10-11H2,1-2H3,(H,17,18)(H,19,20)/t12-,14-/m0/s1. The first-order valence-electron chi connectivity index (χ1n) is 7.12. The van der Waals surface area contributed by atoms with Gasteiger partial charge in [-0.05, 0) is 24.5 Å². The number of rotatable bonds is 8. The molecule has 110 valence electrons. The molecule has 0 aliphatic carbocycles. The van der Waals surface area contributed by atoms with Gasteiger partial charge < -0.3 is 10.4 Å². The maximum Gasteiger partial charge on any atom is 0.306 e. The Balaban J connectivity index is 2.52. The molecule has 20 heavy (non-hydrogen) atoms. The van der Waals surface area contributed by atoms with E-state index in [1.807, 2.05) is 44.2 Å². The summed E-state index contributed by atoms with van der Waals surface area (Å²) in [7, 11) is 0. The molecule has 0 unspecified atom stereocenters. The van der Waals surface area contributed by atoms with Crippen molar-refractivity contribution in [3.05, 3.63) is 30.3 Å². The van der Waals surface area contributed by atoms with Crippen molar-refractivity contribution in [1.82, 2.24) is 0 Å². The van der Waals surface area contributed by atoms with Gasteiger partial charge in [0.2, 0.25) is 5.91 Å². The van der Waals surface area contributed by atoms with Crippen molar-refractivity contribution in [2.45, 2.75) is 39.5 Å². The fourth-order valence-electron chi connectivity index (χ4n) is 2.24. The smallest absolute Gasteiger partial charge is 0.306 e. The summed E-state index contributed by atoms with van der Waals surface area (Å²) in [5, 5.41) is 12.0. The average Bonchev–Trinajstić information content (AvgIpc) is 2.39. The lowest BCUT2D eigenvalue weighted by atomic mass is 9.87. The van der Waals surface area contributed by atoms with Crippen LogP contribution in [-0.2, 0) is 9.59 Å². The van der Waals surface area contributed by atoms with Crippen LogP contribution in [0.5, 0.6) is 0 Å². The lowest BCUT2D eigenvalue weighted by Crippen LogP contribution is -2.26. The SMILES string of the molecule is CCCC[C@H](C(=O)O)[C@@H](C)CC(=O)Nc1ccccc1. The van der Waals surface area contributed by atoms with E-state index >= 15 is 0 Å². The molecule has 0 bridgehead atoms. The fraction of sp³-hybridized carbons (Fsp3) is 0.500. The molecule has 0 radical (unpaired) electrons. The Bertz CT molecular complexity index is 431. The molecular weight excluding hydrogens is 254 g/mol. The molecule has 0 fully saturated rings. The summed E-state index contributed by atoms with van der Waals surface area (Å²) in [4.78, 5) is 23.2. The highest BCUT2D eigenvalue weighted by atomic mass is 16.4. The third-order valence-corrected chi connectivity index (χ3v) is 3.44. The van der Waals surface area contributed by atoms with Crippen LogP contribution < -0.4 is 5.32 Å². The Kier molecular flexibility index (Phi) is 6.77. The summed E-state index contributed by atoms with van der Waals surface area (Å²) in [6.45, 7) is 3.87. The first kappa shape index (κ1) is 16.2. The highest BCUT2D eigenvalue weighted by molar-refractivity contribution is 5.91. The second kappa shape index (κ2) is 8.35. The van der Waals surface area contributed by atoms with Gasteiger partial charge in [-0.15, -0.1) is 0 Å². The van der Waals surface area contributed by atoms with Crippen LogP contribution in [0.4, 0.5) is 5.69 Å². The van der Waals surface area contributed by atoms with Gasteiger partial charge in [-0.25, -0.2) is 0 Å². The van der Waals surface area contributed by atoms with E-state index in [0.29, 0.717) is 6.42 Å². The maximum atomic E-state index is 11.9. The van der Waals surface area contributed by atoms with Crippen LogP contribution in [0.3, 0.4) is 0 Å². The highest BCUT2D eigenvalue weighted by Gasteiger charge is 2.25. The molecular formula is C16H23NO3. The van der Waals surface area contributed by atoms with Crippen molar-refractivity contribution < 1.29 is 14.7 Å². The van der Waals surface area contributed by atoms with Crippen LogP contribution >= 0.6 is 0 Å². The number of para-hydroxylation sites is 1. The molecule has 0 aliphatic heterocycles. The van der Waals surface area contributed by atoms with Gasteiger partial charge in [-0.2, -0.15) is 0 Å². The average molecular weight is 277 g/mol. The molecule has 4 nitrogen and oxygen atoms in total. The number of aliphatic carboxylic acids is 1. The first-order valence-corrected chi connectivity index (χ1v) is 7.12. The monoisotopic (exact) mass is 277 g/mol. The summed E-state index contributed by atoms with van der Waals surface area (Å²) in [6.07, 6.45) is 2.70. The Morgan fingerprint density at radius 1 is 1.25 bits per heavy atom. The Morgan fingerprint density at radius 2 is 1.90 bits per heavy atom. The number of anilines is 1. The molecule has 0 spiro atoms. The summed E-state index contributed by atoms with van der Waals surface area (Å²) in [5.41, 5.74) is 0.741. The summed E-state index contributed by atoms with van der Waals surface area (Å²) >= 11 is 0. The number of carboxylic acids is 1. The molecule has 0 aliphatic rings. The molecule has 0 heterocycles. The van der Waals surface area contributed by atoms with Crippen molar-refractivity contribution in [2.75, 3.05) is 5.32 Å². The molecule has 1 rings (SSSR count). The summed E-state index contributed by atoms with van der Waals surface area (Å²) in [6, 6.07) is 9.20. The van der Waals surface area contributed by atoms with Crippen molar-refractivity contribution in [2.24, 2.45) is 11.8 Å². The van der Waals surface area contributed by atoms with Crippen LogP contribution in [0, 0.1) is 11.8 Å². The zero-order valence-electron chi connectivity index (χ0n) is 12.1. The lowest BCUT2D eigenvalue weighted by molar-refractivity contribution is -0.144. The molecule has 1 aromatic carbocycles. The number of hydrogen-bond donors (Lipinski definition) is 2. The van der Waals surface area contributed by atoms with E-state index < -0.39 is 11.9 Å². The van der Waals surface area contributed by atoms with Crippen molar-refractivity contribution in [1.29, 1.82) is 0 Å². The topological polar surface area (TPSA) is 66.4 Å². The van der Waals surface area contributed by atoms with Crippen LogP contribution in [0.2, 0.25) is 0 Å². The van der Waals surface area contributed by atoms with E-state index in [0.717, 1.165) is 18.5 Å². The van der Waals surface area contributed by atoms with Gasteiger partial charge in [-0.3, -0.25) is 9.59 Å². The largest absolute Gasteiger partial charge is 0.481 e. The third kappa shape index (κ3) is 5.43. The third-order valence-electron chi connectivity index (χ3n) is 3.44. The predicted molar refractivity (Wildman–Crippen MR) is 79.5 cm³/mol. The van der Waals surface area contributed by atoms with Gasteiger partial charge in [0.05, 0.1) is 5.92 Å². The number of unbranched alkanes of at least 4 members (excludes halogenated alkanes) is 1. The van der Waals surface area contributed by atoms with Crippen molar-refractivity contribution >= 4 is 17.6 Å².